The quantitative estimate of drug-likeness (QED) is 0.300. The number of hydrogen-bond acceptors (Lipinski definition) is 5. The van der Waals surface area contributed by atoms with Crippen LogP contribution in [0.15, 0.2) is 33.3 Å². The Balaban J connectivity index is 1.75. The Hall–Kier alpha value is -3.10. The summed E-state index contributed by atoms with van der Waals surface area (Å²) in [6.07, 6.45) is 7.60. The Morgan fingerprint density at radius 3 is 2.86 bits per heavy atom. The fourth-order valence-corrected chi connectivity index (χ4v) is 3.50. The second kappa shape index (κ2) is 7.87. The molecule has 0 saturated carbocycles. The molecule has 1 aliphatic carbocycles. The Morgan fingerprint density at radius 2 is 2.18 bits per heavy atom. The molecule has 1 aliphatic rings. The van der Waals surface area contributed by atoms with Crippen LogP contribution >= 0.6 is 0 Å². The predicted octanol–water partition coefficient (Wildman–Crippen LogP) is 1.55. The molecule has 0 unspecified atom stereocenters. The molecule has 150 valence electrons. The number of furan rings is 1. The van der Waals surface area contributed by atoms with E-state index in [4.69, 9.17) is 15.9 Å². The lowest BCUT2D eigenvalue weighted by atomic mass is 9.75. The highest BCUT2D eigenvalue weighted by molar-refractivity contribution is 6.07. The first-order valence-electron chi connectivity index (χ1n) is 9.29. The van der Waals surface area contributed by atoms with Crippen molar-refractivity contribution in [3.63, 3.8) is 0 Å². The molecular formula is C19H27N7O2. The zero-order valence-electron chi connectivity index (χ0n) is 16.5. The van der Waals surface area contributed by atoms with Crippen LogP contribution in [0.5, 0.6) is 0 Å². The summed E-state index contributed by atoms with van der Waals surface area (Å²) in [4.78, 5) is 16.6. The number of aryl methyl sites for hydroxylation is 1. The number of nitrogens with one attached hydrogen (secondary N) is 1. The monoisotopic (exact) mass is 385 g/mol. The van der Waals surface area contributed by atoms with Crippen molar-refractivity contribution in [3.05, 3.63) is 41.4 Å². The van der Waals surface area contributed by atoms with Gasteiger partial charge in [-0.15, -0.1) is 5.10 Å². The van der Waals surface area contributed by atoms with Gasteiger partial charge in [-0.1, -0.05) is 13.8 Å². The highest BCUT2D eigenvalue weighted by Gasteiger charge is 2.36. The van der Waals surface area contributed by atoms with E-state index in [-0.39, 0.29) is 17.3 Å². The second-order valence-corrected chi connectivity index (χ2v) is 7.85. The molecule has 3 rings (SSSR count). The Kier molecular flexibility index (Phi) is 5.53. The first-order chi connectivity index (χ1) is 13.3. The summed E-state index contributed by atoms with van der Waals surface area (Å²) in [6.45, 7) is 7.44. The zero-order chi connectivity index (χ0) is 20.3. The first-order valence-corrected chi connectivity index (χ1v) is 9.29. The van der Waals surface area contributed by atoms with Crippen LogP contribution in [0.25, 0.3) is 0 Å². The average Bonchev–Trinajstić information content (AvgIpc) is 3.23. The van der Waals surface area contributed by atoms with Gasteiger partial charge in [0.15, 0.2) is 5.76 Å². The van der Waals surface area contributed by atoms with Crippen LogP contribution in [0.4, 0.5) is 0 Å². The number of carbonyl (C=O) groups is 1. The number of hydrogen-bond donors (Lipinski definition) is 3. The number of carbonyl (C=O) groups excluding carboxylic acids is 1. The van der Waals surface area contributed by atoms with E-state index in [0.717, 1.165) is 42.0 Å². The SMILES string of the molecule is Cc1c(C(=O)NCCCn2ccnc2)oc2c1/C(=N\N=C(N)N)CC(C)(C)C2. The van der Waals surface area contributed by atoms with Crippen LogP contribution in [0, 0.1) is 12.3 Å². The summed E-state index contributed by atoms with van der Waals surface area (Å²) in [6, 6.07) is 0. The molecule has 9 heteroatoms. The molecule has 0 aromatic carbocycles. The Labute approximate surface area is 163 Å². The van der Waals surface area contributed by atoms with Crippen molar-refractivity contribution in [2.75, 3.05) is 6.54 Å². The zero-order valence-corrected chi connectivity index (χ0v) is 16.5. The Bertz CT molecular complexity index is 903. The molecule has 1 amide bonds. The summed E-state index contributed by atoms with van der Waals surface area (Å²) < 4.78 is 7.92. The molecule has 0 spiro atoms. The Morgan fingerprint density at radius 1 is 1.39 bits per heavy atom. The molecule has 2 aromatic rings. The molecule has 0 bridgehead atoms. The number of nitrogens with zero attached hydrogens (tertiary/aromatic N) is 4. The number of amides is 1. The van der Waals surface area contributed by atoms with E-state index in [1.54, 1.807) is 12.5 Å². The molecular weight excluding hydrogens is 358 g/mol. The highest BCUT2D eigenvalue weighted by atomic mass is 16.4. The molecule has 28 heavy (non-hydrogen) atoms. The largest absolute Gasteiger partial charge is 0.455 e. The van der Waals surface area contributed by atoms with E-state index in [9.17, 15) is 4.79 Å². The van der Waals surface area contributed by atoms with Gasteiger partial charge in [-0.2, -0.15) is 5.10 Å². The first kappa shape index (κ1) is 19.7. The van der Waals surface area contributed by atoms with Gasteiger partial charge in [0.1, 0.15) is 5.76 Å². The van der Waals surface area contributed by atoms with Crippen molar-refractivity contribution in [2.24, 2.45) is 27.1 Å². The second-order valence-electron chi connectivity index (χ2n) is 7.85. The molecule has 2 aromatic heterocycles. The number of nitrogens with two attached hydrogens (primary N) is 2. The molecule has 0 radical (unpaired) electrons. The highest BCUT2D eigenvalue weighted by Crippen LogP contribution is 2.38. The van der Waals surface area contributed by atoms with Gasteiger partial charge in [0.25, 0.3) is 5.91 Å². The van der Waals surface area contributed by atoms with Crippen molar-refractivity contribution < 1.29 is 9.21 Å². The third kappa shape index (κ3) is 4.41. The van der Waals surface area contributed by atoms with Crippen molar-refractivity contribution >= 4 is 17.6 Å². The van der Waals surface area contributed by atoms with E-state index < -0.39 is 0 Å². The maximum Gasteiger partial charge on any atom is 0.287 e. The molecule has 0 fully saturated rings. The van der Waals surface area contributed by atoms with Gasteiger partial charge in [0.05, 0.1) is 12.0 Å². The van der Waals surface area contributed by atoms with Gasteiger partial charge in [-0.3, -0.25) is 4.79 Å². The van der Waals surface area contributed by atoms with Crippen LogP contribution < -0.4 is 16.8 Å². The van der Waals surface area contributed by atoms with Crippen molar-refractivity contribution in [3.8, 4) is 0 Å². The van der Waals surface area contributed by atoms with Crippen LogP contribution in [0.3, 0.4) is 0 Å². The lowest BCUT2D eigenvalue weighted by Gasteiger charge is -2.29. The number of rotatable bonds is 6. The van der Waals surface area contributed by atoms with Gasteiger partial charge in [0.2, 0.25) is 5.96 Å². The minimum absolute atomic E-state index is 0.0620. The molecule has 9 nitrogen and oxygen atoms in total. The van der Waals surface area contributed by atoms with E-state index >= 15 is 0 Å². The number of imidazole rings is 1. The standard InChI is InChI=1S/C19H27N7O2/c1-12-15-13(24-25-18(20)21)9-19(2,3)10-14(15)28-16(12)17(27)23-5-4-7-26-8-6-22-11-26/h6,8,11H,4-5,7,9-10H2,1-3H3,(H,23,27)(H4,20,21,25)/b24-13-. The van der Waals surface area contributed by atoms with E-state index in [2.05, 4.69) is 34.4 Å². The third-order valence-corrected chi connectivity index (χ3v) is 4.72. The summed E-state index contributed by atoms with van der Waals surface area (Å²) >= 11 is 0. The minimum Gasteiger partial charge on any atom is -0.455 e. The summed E-state index contributed by atoms with van der Waals surface area (Å²) in [5, 5.41) is 10.9. The summed E-state index contributed by atoms with van der Waals surface area (Å²) in [5.74, 6) is 0.746. The average molecular weight is 385 g/mol. The minimum atomic E-state index is -0.225. The van der Waals surface area contributed by atoms with Crippen LogP contribution in [0.2, 0.25) is 0 Å². The molecule has 0 atom stereocenters. The predicted molar refractivity (Wildman–Crippen MR) is 107 cm³/mol. The van der Waals surface area contributed by atoms with Crippen molar-refractivity contribution in [2.45, 2.75) is 46.6 Å². The number of aromatic nitrogens is 2. The smallest absolute Gasteiger partial charge is 0.287 e. The summed E-state index contributed by atoms with van der Waals surface area (Å²) in [5.41, 5.74) is 13.1. The number of fused-ring (bicyclic) bond motifs is 1. The third-order valence-electron chi connectivity index (χ3n) is 4.72. The number of guanidine groups is 1. The van der Waals surface area contributed by atoms with Crippen LogP contribution in [-0.4, -0.2) is 33.7 Å². The van der Waals surface area contributed by atoms with E-state index in [1.165, 1.54) is 0 Å². The molecule has 0 aliphatic heterocycles. The van der Waals surface area contributed by atoms with E-state index in [0.29, 0.717) is 18.7 Å². The normalized spacial score (nSPS) is 16.6. The van der Waals surface area contributed by atoms with Gasteiger partial charge < -0.3 is 25.8 Å². The van der Waals surface area contributed by atoms with Gasteiger partial charge in [-0.25, -0.2) is 4.98 Å². The maximum atomic E-state index is 12.6. The fraction of sp³-hybridized carbons (Fsp3) is 0.474. The van der Waals surface area contributed by atoms with Gasteiger partial charge in [0, 0.05) is 43.0 Å². The molecule has 2 heterocycles. The summed E-state index contributed by atoms with van der Waals surface area (Å²) in [7, 11) is 0. The van der Waals surface area contributed by atoms with Gasteiger partial charge >= 0.3 is 0 Å². The lowest BCUT2D eigenvalue weighted by Crippen LogP contribution is -2.27. The van der Waals surface area contributed by atoms with Crippen LogP contribution in [-0.2, 0) is 13.0 Å². The topological polar surface area (TPSA) is 137 Å². The van der Waals surface area contributed by atoms with Crippen LogP contribution in [0.1, 0.15) is 54.1 Å². The van der Waals surface area contributed by atoms with Crippen molar-refractivity contribution in [1.29, 1.82) is 0 Å². The molecule has 0 saturated heterocycles. The lowest BCUT2D eigenvalue weighted by molar-refractivity contribution is 0.0921. The fourth-order valence-electron chi connectivity index (χ4n) is 3.50. The van der Waals surface area contributed by atoms with E-state index in [1.807, 2.05) is 17.7 Å². The maximum absolute atomic E-state index is 12.6. The van der Waals surface area contributed by atoms with Crippen molar-refractivity contribution in [1.82, 2.24) is 14.9 Å². The molecule has 5 N–H and O–H groups in total. The van der Waals surface area contributed by atoms with Gasteiger partial charge in [-0.05, 0) is 25.2 Å².